The molecule has 0 saturated heterocycles. The smallest absolute Gasteiger partial charge is 0.159 e. The van der Waals surface area contributed by atoms with Crippen LogP contribution in [0.2, 0.25) is 0 Å². The van der Waals surface area contributed by atoms with Gasteiger partial charge in [-0.25, -0.2) is 9.97 Å². The van der Waals surface area contributed by atoms with E-state index in [1.807, 2.05) is 37.3 Å². The average Bonchev–Trinajstić information content (AvgIpc) is 2.23. The molecular weight excluding hydrogens is 174 g/mol. The maximum atomic E-state index is 5.64. The molecule has 0 amide bonds. The summed E-state index contributed by atoms with van der Waals surface area (Å²) in [7, 11) is 0. The van der Waals surface area contributed by atoms with Crippen LogP contribution in [0.1, 0.15) is 5.69 Å². The highest BCUT2D eigenvalue weighted by Crippen LogP contribution is 2.15. The number of benzene rings is 1. The number of hydrogen-bond acceptors (Lipinski definition) is 3. The predicted molar refractivity (Wildman–Crippen MR) is 56.6 cm³/mol. The van der Waals surface area contributed by atoms with E-state index in [-0.39, 0.29) is 0 Å². The van der Waals surface area contributed by atoms with Gasteiger partial charge >= 0.3 is 0 Å². The normalized spacial score (nSPS) is 10.1. The highest BCUT2D eigenvalue weighted by atomic mass is 14.9. The van der Waals surface area contributed by atoms with Gasteiger partial charge in [0.2, 0.25) is 0 Å². The topological polar surface area (TPSA) is 51.8 Å². The Morgan fingerprint density at radius 2 is 1.86 bits per heavy atom. The second kappa shape index (κ2) is 3.46. The molecule has 0 aliphatic rings. The summed E-state index contributed by atoms with van der Waals surface area (Å²) in [5, 5.41) is 0. The van der Waals surface area contributed by atoms with Gasteiger partial charge in [0.1, 0.15) is 0 Å². The van der Waals surface area contributed by atoms with E-state index in [9.17, 15) is 0 Å². The van der Waals surface area contributed by atoms with Gasteiger partial charge in [-0.15, -0.1) is 0 Å². The van der Waals surface area contributed by atoms with Crippen molar-refractivity contribution in [1.82, 2.24) is 9.97 Å². The van der Waals surface area contributed by atoms with Crippen molar-refractivity contribution in [3.05, 3.63) is 42.2 Å². The summed E-state index contributed by atoms with van der Waals surface area (Å²) >= 11 is 0. The summed E-state index contributed by atoms with van der Waals surface area (Å²) in [6, 6.07) is 9.85. The lowest BCUT2D eigenvalue weighted by Gasteiger charge is -2.02. The number of nitrogens with two attached hydrogens (primary N) is 1. The predicted octanol–water partition coefficient (Wildman–Crippen LogP) is 2.03. The Labute approximate surface area is 82.6 Å². The molecule has 1 aromatic heterocycles. The molecule has 2 aromatic rings. The lowest BCUT2D eigenvalue weighted by molar-refractivity contribution is 1.12. The second-order valence-electron chi connectivity index (χ2n) is 3.10. The van der Waals surface area contributed by atoms with E-state index in [4.69, 9.17) is 5.73 Å². The zero-order valence-corrected chi connectivity index (χ0v) is 7.94. The molecule has 0 aliphatic carbocycles. The van der Waals surface area contributed by atoms with E-state index in [1.54, 1.807) is 6.20 Å². The maximum absolute atomic E-state index is 5.64. The number of hydrogen-bond donors (Lipinski definition) is 1. The van der Waals surface area contributed by atoms with E-state index in [2.05, 4.69) is 9.97 Å². The van der Waals surface area contributed by atoms with Crippen molar-refractivity contribution in [3.8, 4) is 11.4 Å². The molecule has 1 aromatic carbocycles. The van der Waals surface area contributed by atoms with Crippen molar-refractivity contribution in [2.24, 2.45) is 0 Å². The third-order valence-corrected chi connectivity index (χ3v) is 2.05. The van der Waals surface area contributed by atoms with Gasteiger partial charge in [0.25, 0.3) is 0 Å². The summed E-state index contributed by atoms with van der Waals surface area (Å²) in [6.45, 7) is 1.88. The number of rotatable bonds is 1. The Balaban J connectivity index is 2.48. The van der Waals surface area contributed by atoms with Crippen LogP contribution in [0.5, 0.6) is 0 Å². The van der Waals surface area contributed by atoms with Crippen LogP contribution in [-0.2, 0) is 0 Å². The lowest BCUT2D eigenvalue weighted by atomic mass is 10.2. The second-order valence-corrected chi connectivity index (χ2v) is 3.10. The first-order chi connectivity index (χ1) is 6.77. The summed E-state index contributed by atoms with van der Waals surface area (Å²) in [6.07, 6.45) is 1.64. The Hall–Kier alpha value is -1.90. The van der Waals surface area contributed by atoms with Crippen LogP contribution in [0.15, 0.2) is 36.5 Å². The minimum Gasteiger partial charge on any atom is -0.396 e. The molecule has 14 heavy (non-hydrogen) atoms. The summed E-state index contributed by atoms with van der Waals surface area (Å²) in [5.41, 5.74) is 8.10. The SMILES string of the molecule is Cc1nc(-c2ccccc2)ncc1N. The highest BCUT2D eigenvalue weighted by molar-refractivity contribution is 5.56. The number of aromatic nitrogens is 2. The minimum absolute atomic E-state index is 0.629. The Kier molecular flexibility index (Phi) is 2.14. The molecule has 0 bridgehead atoms. The zero-order chi connectivity index (χ0) is 9.97. The number of aryl methyl sites for hydroxylation is 1. The van der Waals surface area contributed by atoms with E-state index in [0.717, 1.165) is 17.1 Å². The first-order valence-electron chi connectivity index (χ1n) is 4.42. The molecule has 3 heteroatoms. The molecule has 2 rings (SSSR count). The first-order valence-corrected chi connectivity index (χ1v) is 4.42. The van der Waals surface area contributed by atoms with Crippen LogP contribution in [0.4, 0.5) is 5.69 Å². The Bertz CT molecular complexity index is 438. The third-order valence-electron chi connectivity index (χ3n) is 2.05. The molecule has 3 nitrogen and oxygen atoms in total. The van der Waals surface area contributed by atoms with Crippen LogP contribution in [0.3, 0.4) is 0 Å². The standard InChI is InChI=1S/C11H11N3/c1-8-10(12)7-13-11(14-8)9-5-3-2-4-6-9/h2-7H,12H2,1H3. The molecular formula is C11H11N3. The summed E-state index contributed by atoms with van der Waals surface area (Å²) in [5.74, 6) is 0.720. The lowest BCUT2D eigenvalue weighted by Crippen LogP contribution is -1.97. The summed E-state index contributed by atoms with van der Waals surface area (Å²) < 4.78 is 0. The van der Waals surface area contributed by atoms with E-state index in [1.165, 1.54) is 0 Å². The number of nitrogens with zero attached hydrogens (tertiary/aromatic N) is 2. The molecule has 1 heterocycles. The number of anilines is 1. The fraction of sp³-hybridized carbons (Fsp3) is 0.0909. The zero-order valence-electron chi connectivity index (χ0n) is 7.94. The van der Waals surface area contributed by atoms with Crippen molar-refractivity contribution < 1.29 is 0 Å². The molecule has 70 valence electrons. The van der Waals surface area contributed by atoms with E-state index >= 15 is 0 Å². The van der Waals surface area contributed by atoms with Crippen molar-refractivity contribution in [2.75, 3.05) is 5.73 Å². The quantitative estimate of drug-likeness (QED) is 0.739. The third kappa shape index (κ3) is 1.57. The van der Waals surface area contributed by atoms with Gasteiger partial charge in [-0.3, -0.25) is 0 Å². The fourth-order valence-corrected chi connectivity index (χ4v) is 1.20. The van der Waals surface area contributed by atoms with Crippen molar-refractivity contribution in [3.63, 3.8) is 0 Å². The van der Waals surface area contributed by atoms with Crippen LogP contribution >= 0.6 is 0 Å². The summed E-state index contributed by atoms with van der Waals surface area (Å²) in [4.78, 5) is 8.48. The molecule has 2 N–H and O–H groups in total. The Morgan fingerprint density at radius 1 is 1.14 bits per heavy atom. The van der Waals surface area contributed by atoms with E-state index in [0.29, 0.717) is 5.69 Å². The van der Waals surface area contributed by atoms with Crippen molar-refractivity contribution >= 4 is 5.69 Å². The average molecular weight is 185 g/mol. The van der Waals surface area contributed by atoms with Gasteiger partial charge in [-0.1, -0.05) is 30.3 Å². The molecule has 0 unspecified atom stereocenters. The van der Waals surface area contributed by atoms with Crippen LogP contribution < -0.4 is 5.73 Å². The van der Waals surface area contributed by atoms with E-state index < -0.39 is 0 Å². The van der Waals surface area contributed by atoms with Gasteiger partial charge in [0.15, 0.2) is 5.82 Å². The maximum Gasteiger partial charge on any atom is 0.159 e. The monoisotopic (exact) mass is 185 g/mol. The molecule has 0 atom stereocenters. The van der Waals surface area contributed by atoms with Gasteiger partial charge in [0.05, 0.1) is 17.6 Å². The van der Waals surface area contributed by atoms with Crippen molar-refractivity contribution in [2.45, 2.75) is 6.92 Å². The van der Waals surface area contributed by atoms with Crippen molar-refractivity contribution in [1.29, 1.82) is 0 Å². The van der Waals surface area contributed by atoms with Crippen LogP contribution in [-0.4, -0.2) is 9.97 Å². The fourth-order valence-electron chi connectivity index (χ4n) is 1.20. The van der Waals surface area contributed by atoms with Crippen LogP contribution in [0.25, 0.3) is 11.4 Å². The van der Waals surface area contributed by atoms with Gasteiger partial charge in [0, 0.05) is 5.56 Å². The molecule has 0 saturated carbocycles. The minimum atomic E-state index is 0.629. The number of nitrogen functional groups attached to an aromatic ring is 1. The van der Waals surface area contributed by atoms with Crippen LogP contribution in [0, 0.1) is 6.92 Å². The highest BCUT2D eigenvalue weighted by Gasteiger charge is 2.01. The first kappa shape index (κ1) is 8.69. The molecule has 0 radical (unpaired) electrons. The van der Waals surface area contributed by atoms with Gasteiger partial charge < -0.3 is 5.73 Å². The molecule has 0 spiro atoms. The van der Waals surface area contributed by atoms with Gasteiger partial charge in [-0.2, -0.15) is 0 Å². The largest absolute Gasteiger partial charge is 0.396 e. The molecule has 0 fully saturated rings. The van der Waals surface area contributed by atoms with Gasteiger partial charge in [-0.05, 0) is 6.92 Å². The Morgan fingerprint density at radius 3 is 2.50 bits per heavy atom. The molecule has 0 aliphatic heterocycles.